The summed E-state index contributed by atoms with van der Waals surface area (Å²) in [5.74, 6) is 0. The van der Waals surface area contributed by atoms with E-state index in [0.717, 1.165) is 28.3 Å². The average molecular weight is 917 g/mol. The lowest BCUT2D eigenvalue weighted by atomic mass is 9.87. The summed E-state index contributed by atoms with van der Waals surface area (Å²) >= 11 is 0. The van der Waals surface area contributed by atoms with Gasteiger partial charge in [0.15, 0.2) is 0 Å². The van der Waals surface area contributed by atoms with Crippen LogP contribution in [0.1, 0.15) is 0 Å². The van der Waals surface area contributed by atoms with Crippen LogP contribution in [0, 0.1) is 0 Å². The number of nitrogens with zero attached hydrogens (tertiary/aromatic N) is 2. The van der Waals surface area contributed by atoms with Crippen LogP contribution >= 0.6 is 0 Å². The quantitative estimate of drug-likeness (QED) is 0.133. The molecule has 0 aliphatic heterocycles. The monoisotopic (exact) mass is 916 g/mol. The van der Waals surface area contributed by atoms with Crippen molar-refractivity contribution in [2.45, 2.75) is 0 Å². The molecule has 0 fully saturated rings. The van der Waals surface area contributed by atoms with E-state index in [9.17, 15) is 0 Å². The molecule has 0 spiro atoms. The second-order valence-corrected chi connectivity index (χ2v) is 18.4. The van der Waals surface area contributed by atoms with Crippen molar-refractivity contribution in [3.05, 3.63) is 291 Å². The Bertz CT molecular complexity index is 4000. The van der Waals surface area contributed by atoms with Gasteiger partial charge in [0.05, 0.1) is 11.0 Å². The van der Waals surface area contributed by atoms with Gasteiger partial charge in [0.25, 0.3) is 0 Å². The van der Waals surface area contributed by atoms with Crippen LogP contribution in [0.5, 0.6) is 0 Å². The zero-order chi connectivity index (χ0) is 47.8. The van der Waals surface area contributed by atoms with Gasteiger partial charge in [-0.25, -0.2) is 0 Å². The Morgan fingerprint density at radius 2 is 0.542 bits per heavy atom. The minimum absolute atomic E-state index is 1.07. The number of anilines is 3. The third-order valence-corrected chi connectivity index (χ3v) is 14.3. The van der Waals surface area contributed by atoms with Gasteiger partial charge >= 0.3 is 0 Å². The molecule has 72 heavy (non-hydrogen) atoms. The van der Waals surface area contributed by atoms with Crippen molar-refractivity contribution in [1.29, 1.82) is 0 Å². The number of benzene rings is 12. The van der Waals surface area contributed by atoms with Crippen LogP contribution in [0.2, 0.25) is 0 Å². The van der Waals surface area contributed by atoms with Crippen LogP contribution < -0.4 is 4.90 Å². The molecule has 0 unspecified atom stereocenters. The molecule has 0 N–H and O–H groups in total. The van der Waals surface area contributed by atoms with Crippen molar-refractivity contribution in [1.82, 2.24) is 4.57 Å². The molecule has 0 bridgehead atoms. The molecule has 1 aromatic heterocycles. The van der Waals surface area contributed by atoms with Crippen LogP contribution in [-0.4, -0.2) is 4.57 Å². The van der Waals surface area contributed by atoms with Gasteiger partial charge < -0.3 is 9.47 Å². The summed E-state index contributed by atoms with van der Waals surface area (Å²) in [6, 6.07) is 106. The Balaban J connectivity index is 0.874. The van der Waals surface area contributed by atoms with E-state index in [2.05, 4.69) is 301 Å². The highest BCUT2D eigenvalue weighted by molar-refractivity contribution is 6.09. The zero-order valence-electron chi connectivity index (χ0n) is 39.6. The van der Waals surface area contributed by atoms with Gasteiger partial charge in [-0.1, -0.05) is 231 Å². The Hall–Kier alpha value is -9.50. The van der Waals surface area contributed by atoms with Gasteiger partial charge in [-0.15, -0.1) is 0 Å². The second-order valence-electron chi connectivity index (χ2n) is 18.4. The Kier molecular flexibility index (Phi) is 10.9. The molecule has 0 saturated heterocycles. The van der Waals surface area contributed by atoms with Crippen molar-refractivity contribution in [2.24, 2.45) is 0 Å². The first-order valence-electron chi connectivity index (χ1n) is 24.7. The molecule has 0 saturated carbocycles. The fourth-order valence-corrected chi connectivity index (χ4v) is 10.8. The molecule has 0 aliphatic rings. The molecule has 338 valence electrons. The maximum absolute atomic E-state index is 2.38. The summed E-state index contributed by atoms with van der Waals surface area (Å²) in [6.07, 6.45) is 0. The molecule has 0 atom stereocenters. The minimum Gasteiger partial charge on any atom is -0.311 e. The SMILES string of the molecule is c1ccc(-c2ccccc2-c2ccccc2-c2ccccc2-c2ccc(N(c3ccc(-c4ccc(-c5cccc6ccccc56)cc4)cc3)c3ccc(-n4c5ccccc5c5ccccc54)cc3)cc2)cc1. The van der Waals surface area contributed by atoms with Crippen molar-refractivity contribution in [2.75, 3.05) is 4.90 Å². The topological polar surface area (TPSA) is 8.17 Å². The van der Waals surface area contributed by atoms with Crippen LogP contribution in [0.3, 0.4) is 0 Å². The van der Waals surface area contributed by atoms with E-state index >= 15 is 0 Å². The van der Waals surface area contributed by atoms with Gasteiger partial charge in [-0.3, -0.25) is 0 Å². The number of fused-ring (bicyclic) bond motifs is 4. The predicted octanol–water partition coefficient (Wildman–Crippen LogP) is 19.4. The van der Waals surface area contributed by atoms with Crippen molar-refractivity contribution < 1.29 is 0 Å². The van der Waals surface area contributed by atoms with Gasteiger partial charge in [0, 0.05) is 33.5 Å². The molecular formula is C70H48N2. The van der Waals surface area contributed by atoms with Crippen molar-refractivity contribution >= 4 is 49.6 Å². The van der Waals surface area contributed by atoms with Crippen LogP contribution in [0.25, 0.3) is 105 Å². The lowest BCUT2D eigenvalue weighted by Crippen LogP contribution is -2.10. The average Bonchev–Trinajstić information content (AvgIpc) is 3.80. The smallest absolute Gasteiger partial charge is 0.0541 e. The Labute approximate surface area is 420 Å². The van der Waals surface area contributed by atoms with E-state index in [1.807, 2.05) is 0 Å². The van der Waals surface area contributed by atoms with Crippen LogP contribution in [0.4, 0.5) is 17.1 Å². The molecule has 1 heterocycles. The van der Waals surface area contributed by atoms with Crippen LogP contribution in [-0.2, 0) is 0 Å². The zero-order valence-corrected chi connectivity index (χ0v) is 39.6. The van der Waals surface area contributed by atoms with Gasteiger partial charge in [0.1, 0.15) is 0 Å². The first kappa shape index (κ1) is 42.6. The summed E-state index contributed by atoms with van der Waals surface area (Å²) < 4.78 is 2.38. The van der Waals surface area contributed by atoms with Gasteiger partial charge in [0.2, 0.25) is 0 Å². The number of para-hydroxylation sites is 2. The number of hydrogen-bond acceptors (Lipinski definition) is 1. The normalized spacial score (nSPS) is 11.3. The Morgan fingerprint density at radius 3 is 1.08 bits per heavy atom. The van der Waals surface area contributed by atoms with E-state index in [0.29, 0.717) is 0 Å². The number of hydrogen-bond donors (Lipinski definition) is 0. The van der Waals surface area contributed by atoms with E-state index in [4.69, 9.17) is 0 Å². The van der Waals surface area contributed by atoms with E-state index < -0.39 is 0 Å². The molecular weight excluding hydrogens is 869 g/mol. The third-order valence-electron chi connectivity index (χ3n) is 14.3. The molecule has 2 nitrogen and oxygen atoms in total. The molecule has 0 radical (unpaired) electrons. The molecule has 13 rings (SSSR count). The Morgan fingerprint density at radius 1 is 0.208 bits per heavy atom. The fourth-order valence-electron chi connectivity index (χ4n) is 10.8. The lowest BCUT2D eigenvalue weighted by Gasteiger charge is -2.26. The molecule has 0 amide bonds. The summed E-state index contributed by atoms with van der Waals surface area (Å²) in [5.41, 5.74) is 21.2. The fraction of sp³-hybridized carbons (Fsp3) is 0. The summed E-state index contributed by atoms with van der Waals surface area (Å²) in [5, 5.41) is 5.03. The number of aromatic nitrogens is 1. The van der Waals surface area contributed by atoms with E-state index in [-0.39, 0.29) is 0 Å². The van der Waals surface area contributed by atoms with Crippen molar-refractivity contribution in [3.63, 3.8) is 0 Å². The molecule has 0 aliphatic carbocycles. The third kappa shape index (κ3) is 7.73. The highest BCUT2D eigenvalue weighted by Gasteiger charge is 2.19. The van der Waals surface area contributed by atoms with Crippen molar-refractivity contribution in [3.8, 4) is 72.4 Å². The van der Waals surface area contributed by atoms with Gasteiger partial charge in [-0.05, 0) is 138 Å². The van der Waals surface area contributed by atoms with Crippen LogP contribution in [0.15, 0.2) is 291 Å². The maximum Gasteiger partial charge on any atom is 0.0541 e. The summed E-state index contributed by atoms with van der Waals surface area (Å²) in [7, 11) is 0. The second kappa shape index (κ2) is 18.4. The molecule has 13 aromatic rings. The van der Waals surface area contributed by atoms with Gasteiger partial charge in [-0.2, -0.15) is 0 Å². The minimum atomic E-state index is 1.07. The number of rotatable bonds is 10. The molecule has 12 aromatic carbocycles. The summed E-state index contributed by atoms with van der Waals surface area (Å²) in [4.78, 5) is 2.37. The first-order valence-corrected chi connectivity index (χ1v) is 24.7. The maximum atomic E-state index is 2.38. The lowest BCUT2D eigenvalue weighted by molar-refractivity contribution is 1.17. The largest absolute Gasteiger partial charge is 0.311 e. The molecule has 2 heteroatoms. The van der Waals surface area contributed by atoms with E-state index in [1.54, 1.807) is 0 Å². The highest BCUT2D eigenvalue weighted by Crippen LogP contribution is 2.43. The standard InChI is InChI=1S/C70H48N2/c1-2-17-51(18-3-1)61-22-6-8-24-63(61)65-26-10-11-27-66(65)64-25-9-7-23-62(64)54-39-43-56(44-40-54)71(57-45-47-58(48-46-57)72-69-31-14-12-28-67(69)68-29-13-15-32-70(68)72)55-41-37-50(38-42-55)49-33-35-53(36-34-49)60-30-16-20-52-19-4-5-21-59(52)60/h1-48H. The predicted molar refractivity (Wildman–Crippen MR) is 306 cm³/mol. The van der Waals surface area contributed by atoms with E-state index in [1.165, 1.54) is 93.8 Å². The highest BCUT2D eigenvalue weighted by atomic mass is 15.1. The first-order chi connectivity index (χ1) is 35.7. The summed E-state index contributed by atoms with van der Waals surface area (Å²) in [6.45, 7) is 0.